The lowest BCUT2D eigenvalue weighted by Crippen LogP contribution is -2.73. The minimum atomic E-state index is -2.85. The van der Waals surface area contributed by atoms with E-state index >= 15 is 0 Å². The number of likely N-dealkylation sites (tertiary alicyclic amines) is 1. The van der Waals surface area contributed by atoms with Crippen molar-refractivity contribution in [3.63, 3.8) is 0 Å². The van der Waals surface area contributed by atoms with E-state index in [1.807, 2.05) is 6.92 Å². The number of carbonyl (C=O) groups excluding carboxylic acids is 1. The normalized spacial score (nSPS) is 20.7. The molecule has 12 heteroatoms. The Morgan fingerprint density at radius 3 is 1.45 bits per heavy atom. The molecule has 276 valence electrons. The molecule has 9 nitrogen and oxygen atoms in total. The summed E-state index contributed by atoms with van der Waals surface area (Å²) >= 11 is 7.18. The summed E-state index contributed by atoms with van der Waals surface area (Å²) < 4.78 is 11.1. The van der Waals surface area contributed by atoms with Crippen LogP contribution in [0.5, 0.6) is 0 Å². The number of nitrogens with zero attached hydrogens (tertiary/aromatic N) is 7. The number of hydrogen-bond acceptors (Lipinski definition) is 10. The maximum absolute atomic E-state index is 14.7. The highest BCUT2D eigenvalue weighted by molar-refractivity contribution is 8.47. The van der Waals surface area contributed by atoms with Crippen LogP contribution in [0.3, 0.4) is 0 Å². The first kappa shape index (κ1) is 43.1. The lowest BCUT2D eigenvalue weighted by Gasteiger charge is -2.59. The molecular formula is C35H73N7O2P2S. The zero-order valence-corrected chi connectivity index (χ0v) is 36.1. The van der Waals surface area contributed by atoms with Crippen molar-refractivity contribution in [1.29, 1.82) is 0 Å². The minimum Gasteiger partial charge on any atom is -0.511 e. The van der Waals surface area contributed by atoms with Crippen molar-refractivity contribution in [2.45, 2.75) is 191 Å². The van der Waals surface area contributed by atoms with E-state index in [0.717, 1.165) is 31.4 Å². The van der Waals surface area contributed by atoms with Gasteiger partial charge in [0.2, 0.25) is 5.45 Å². The van der Waals surface area contributed by atoms with Crippen LogP contribution in [0.25, 0.3) is 0 Å². The second-order valence-electron chi connectivity index (χ2n) is 15.7. The lowest BCUT2D eigenvalue weighted by atomic mass is 10.1. The van der Waals surface area contributed by atoms with E-state index in [0.29, 0.717) is 6.61 Å². The number of ether oxygens (including phenoxy) is 1. The van der Waals surface area contributed by atoms with Gasteiger partial charge in [0.25, 0.3) is 0 Å². The van der Waals surface area contributed by atoms with Crippen molar-refractivity contribution >= 4 is 39.7 Å². The molecule has 47 heavy (non-hydrogen) atoms. The third-order valence-corrected chi connectivity index (χ3v) is 16.1. The van der Waals surface area contributed by atoms with Gasteiger partial charge in [-0.3, -0.25) is 19.5 Å². The highest BCUT2D eigenvalue weighted by Gasteiger charge is 2.64. The second kappa shape index (κ2) is 17.4. The largest absolute Gasteiger partial charge is 0.511 e. The van der Waals surface area contributed by atoms with Crippen molar-refractivity contribution in [3.05, 3.63) is 0 Å². The molecule has 1 fully saturated rings. The molecule has 2 aliphatic rings. The van der Waals surface area contributed by atoms with Gasteiger partial charge in [-0.25, -0.2) is 5.01 Å². The van der Waals surface area contributed by atoms with Gasteiger partial charge in [0.05, 0.1) is 13.4 Å². The number of hydrazone groups is 1. The molecule has 2 heterocycles. The second-order valence-corrected chi connectivity index (χ2v) is 20.5. The molecule has 0 N–H and O–H groups in total. The summed E-state index contributed by atoms with van der Waals surface area (Å²) in [6, 6.07) is 1.38. The Morgan fingerprint density at radius 2 is 1.15 bits per heavy atom. The minimum absolute atomic E-state index is 0.150. The molecule has 0 saturated carbocycles. The van der Waals surface area contributed by atoms with Gasteiger partial charge in [-0.15, -0.1) is 5.10 Å². The molecule has 0 spiro atoms. The molecule has 0 aliphatic carbocycles. The van der Waals surface area contributed by atoms with E-state index in [2.05, 4.69) is 149 Å². The average Bonchev–Trinajstić information content (AvgIpc) is 3.55. The van der Waals surface area contributed by atoms with E-state index in [4.69, 9.17) is 22.1 Å². The Kier molecular flexibility index (Phi) is 16.0. The molecule has 0 amide bonds. The van der Waals surface area contributed by atoms with Crippen molar-refractivity contribution in [3.8, 4) is 0 Å². The van der Waals surface area contributed by atoms with Crippen molar-refractivity contribution in [1.82, 2.24) is 29.0 Å². The Balaban J connectivity index is 3.27. The highest BCUT2D eigenvalue weighted by Crippen LogP contribution is 2.71. The zero-order chi connectivity index (χ0) is 36.3. The van der Waals surface area contributed by atoms with Crippen LogP contribution in [0.4, 0.5) is 0 Å². The van der Waals surface area contributed by atoms with Crippen molar-refractivity contribution in [2.24, 2.45) is 11.0 Å². The zero-order valence-electron chi connectivity index (χ0n) is 33.2. The summed E-state index contributed by atoms with van der Waals surface area (Å²) in [6.45, 7) is 37.3. The van der Waals surface area contributed by atoms with Crippen LogP contribution in [0, 0.1) is 5.92 Å². The first-order chi connectivity index (χ1) is 21.6. The van der Waals surface area contributed by atoms with E-state index < -0.39 is 18.2 Å². The van der Waals surface area contributed by atoms with Crippen molar-refractivity contribution < 1.29 is 9.53 Å². The van der Waals surface area contributed by atoms with Gasteiger partial charge >= 0.3 is 5.97 Å². The van der Waals surface area contributed by atoms with E-state index in [1.165, 1.54) is 0 Å². The molecule has 1 saturated heterocycles. The molecule has 2 rings (SSSR count). The fourth-order valence-electron chi connectivity index (χ4n) is 8.73. The van der Waals surface area contributed by atoms with Gasteiger partial charge in [0, 0.05) is 61.4 Å². The van der Waals surface area contributed by atoms with Gasteiger partial charge in [0.1, 0.15) is 6.17 Å². The fourth-order valence-corrected chi connectivity index (χ4v) is 16.9. The van der Waals surface area contributed by atoms with Crippen LogP contribution in [0.15, 0.2) is 5.10 Å². The standard InChI is InChI=1S/C35H73N7O2P2S/c1-18-44-34(43)31-32(46(47,40(27(10)11)28(12)13)41(29(14)15)30(16)17)36-42(33(31)37-21-19-20-22-37)35(45,38(23(2)3)24(4)5)39(25(6)7)26(8)9/h23-31,33H,18-22,45H2,1-17H3/t31-,33-/m0/s1. The molecule has 1 unspecified atom stereocenters. The maximum Gasteiger partial charge on any atom is 0.322 e. The van der Waals surface area contributed by atoms with Gasteiger partial charge < -0.3 is 17.0 Å². The summed E-state index contributed by atoms with van der Waals surface area (Å²) in [7, 11) is 3.29. The SMILES string of the molecule is CCOC(=O)[C@H]1C([P+]([S-])(N(C(C)C)C(C)C)N(C(C)C)C(C)C)=NN(C(P)(N(C(C)C)C(C)C)N(C(C)C)C(C)C)[C@@H]1N1CCCC1. The quantitative estimate of drug-likeness (QED) is 0.0660. The number of carbonyl (C=O) groups is 1. The van der Waals surface area contributed by atoms with Crippen LogP contribution in [0.1, 0.15) is 131 Å². The van der Waals surface area contributed by atoms with Crippen LogP contribution in [0.2, 0.25) is 0 Å². The van der Waals surface area contributed by atoms with Gasteiger partial charge in [-0.05, 0) is 131 Å². The number of esters is 1. The Bertz CT molecular complexity index is 961. The molecule has 0 bridgehead atoms. The maximum atomic E-state index is 14.7. The number of hydrogen-bond donors (Lipinski definition) is 0. The van der Waals surface area contributed by atoms with Crippen LogP contribution in [-0.2, 0) is 21.8 Å². The summed E-state index contributed by atoms with van der Waals surface area (Å²) in [5.41, 5.74) is 0.0605. The first-order valence-corrected chi connectivity index (χ1v) is 21.7. The molecule has 0 aromatic heterocycles. The third-order valence-electron chi connectivity index (χ3n) is 9.46. The Morgan fingerprint density at radius 1 is 0.787 bits per heavy atom. The average molecular weight is 718 g/mol. The molecule has 0 aromatic carbocycles. The van der Waals surface area contributed by atoms with E-state index in [-0.39, 0.29) is 60.5 Å². The predicted octanol–water partition coefficient (Wildman–Crippen LogP) is 7.49. The van der Waals surface area contributed by atoms with Crippen LogP contribution in [-0.4, -0.2) is 120 Å². The Hall–Kier alpha value is -0.0500. The smallest absolute Gasteiger partial charge is 0.322 e. The molecule has 2 aliphatic heterocycles. The van der Waals surface area contributed by atoms with Crippen LogP contribution >= 0.6 is 16.0 Å². The van der Waals surface area contributed by atoms with Gasteiger partial charge in [0.15, 0.2) is 11.4 Å². The first-order valence-electron chi connectivity index (χ1n) is 18.5. The molecule has 0 radical (unpaired) electrons. The lowest BCUT2D eigenvalue weighted by molar-refractivity contribution is -0.187. The van der Waals surface area contributed by atoms with E-state index in [1.54, 1.807) is 0 Å². The molecule has 0 aromatic rings. The van der Waals surface area contributed by atoms with Gasteiger partial charge in [-0.2, -0.15) is 9.34 Å². The highest BCUT2D eigenvalue weighted by atomic mass is 32.7. The topological polar surface area (TPSA) is 58.1 Å². The van der Waals surface area contributed by atoms with Crippen LogP contribution < -0.4 is 0 Å². The summed E-state index contributed by atoms with van der Waals surface area (Å²) in [4.78, 5) is 22.3. The third kappa shape index (κ3) is 8.54. The molecular weight excluding hydrogens is 644 g/mol. The number of rotatable bonds is 17. The van der Waals surface area contributed by atoms with E-state index in [9.17, 15) is 4.79 Å². The monoisotopic (exact) mass is 718 g/mol. The Labute approximate surface area is 298 Å². The van der Waals surface area contributed by atoms with Crippen molar-refractivity contribution in [2.75, 3.05) is 19.7 Å². The fraction of sp³-hybridized carbons (Fsp3) is 0.943. The van der Waals surface area contributed by atoms with Gasteiger partial charge in [-0.1, -0.05) is 9.24 Å². The summed E-state index contributed by atoms with van der Waals surface area (Å²) in [5.74, 6) is -0.838. The molecule has 3 atom stereocenters. The summed E-state index contributed by atoms with van der Waals surface area (Å²) in [5, 5.41) is 8.16. The summed E-state index contributed by atoms with van der Waals surface area (Å²) in [6.07, 6.45) is 1.85. The predicted molar refractivity (Wildman–Crippen MR) is 209 cm³/mol.